The predicted octanol–water partition coefficient (Wildman–Crippen LogP) is 2.66. The van der Waals surface area contributed by atoms with Gasteiger partial charge in [0.05, 0.1) is 35.3 Å². The van der Waals surface area contributed by atoms with Gasteiger partial charge in [0.1, 0.15) is 11.8 Å². The SMILES string of the molecule is Cc1noc(C)c1-c1ccc2nccc(C(=O)NCC(=O)N3CSCC3C#N)c2c1. The van der Waals surface area contributed by atoms with Crippen molar-refractivity contribution in [1.29, 1.82) is 5.26 Å². The summed E-state index contributed by atoms with van der Waals surface area (Å²) in [7, 11) is 0. The van der Waals surface area contributed by atoms with Crippen molar-refractivity contribution in [3.05, 3.63) is 47.5 Å². The molecule has 0 radical (unpaired) electrons. The third-order valence-electron chi connectivity index (χ3n) is 5.06. The van der Waals surface area contributed by atoms with Crippen molar-refractivity contribution >= 4 is 34.5 Å². The van der Waals surface area contributed by atoms with Crippen LogP contribution in [0.1, 0.15) is 21.8 Å². The summed E-state index contributed by atoms with van der Waals surface area (Å²) >= 11 is 1.53. The summed E-state index contributed by atoms with van der Waals surface area (Å²) in [5.41, 5.74) is 3.63. The fourth-order valence-corrected chi connectivity index (χ4v) is 4.65. The van der Waals surface area contributed by atoms with Gasteiger partial charge in [-0.2, -0.15) is 5.26 Å². The number of nitriles is 1. The molecule has 152 valence electrons. The number of benzene rings is 1. The van der Waals surface area contributed by atoms with Gasteiger partial charge >= 0.3 is 0 Å². The number of amides is 2. The van der Waals surface area contributed by atoms with E-state index in [1.807, 2.05) is 32.0 Å². The molecule has 3 heterocycles. The number of fused-ring (bicyclic) bond motifs is 1. The van der Waals surface area contributed by atoms with E-state index in [-0.39, 0.29) is 18.4 Å². The zero-order valence-corrected chi connectivity index (χ0v) is 17.3. The minimum absolute atomic E-state index is 0.162. The second-order valence-electron chi connectivity index (χ2n) is 6.98. The lowest BCUT2D eigenvalue weighted by atomic mass is 9.99. The Morgan fingerprint density at radius 1 is 1.37 bits per heavy atom. The first-order valence-electron chi connectivity index (χ1n) is 9.36. The van der Waals surface area contributed by atoms with Crippen LogP contribution in [0.5, 0.6) is 0 Å². The van der Waals surface area contributed by atoms with Gasteiger partial charge in [-0.25, -0.2) is 0 Å². The number of hydrogen-bond donors (Lipinski definition) is 1. The molecule has 0 spiro atoms. The summed E-state index contributed by atoms with van der Waals surface area (Å²) < 4.78 is 5.26. The highest BCUT2D eigenvalue weighted by Gasteiger charge is 2.29. The van der Waals surface area contributed by atoms with E-state index in [9.17, 15) is 9.59 Å². The van der Waals surface area contributed by atoms with E-state index >= 15 is 0 Å². The molecule has 3 aromatic rings. The molecule has 1 aliphatic heterocycles. The minimum atomic E-state index is -0.446. The van der Waals surface area contributed by atoms with E-state index in [0.29, 0.717) is 33.9 Å². The van der Waals surface area contributed by atoms with Crippen molar-refractivity contribution in [2.45, 2.75) is 19.9 Å². The first kappa shape index (κ1) is 19.9. The number of nitrogens with zero attached hydrogens (tertiary/aromatic N) is 4. The maximum absolute atomic E-state index is 12.9. The van der Waals surface area contributed by atoms with E-state index in [0.717, 1.165) is 16.8 Å². The summed E-state index contributed by atoms with van der Waals surface area (Å²) in [5.74, 6) is 1.12. The number of pyridine rings is 1. The topological polar surface area (TPSA) is 112 Å². The van der Waals surface area contributed by atoms with Gasteiger partial charge in [-0.05, 0) is 37.6 Å². The Hall–Kier alpha value is -3.38. The zero-order valence-electron chi connectivity index (χ0n) is 16.5. The largest absolute Gasteiger partial charge is 0.361 e. The average molecular weight is 421 g/mol. The molecule has 30 heavy (non-hydrogen) atoms. The molecule has 1 unspecified atom stereocenters. The first-order chi connectivity index (χ1) is 14.5. The highest BCUT2D eigenvalue weighted by atomic mass is 32.2. The number of hydrogen-bond acceptors (Lipinski definition) is 7. The molecule has 1 fully saturated rings. The summed E-state index contributed by atoms with van der Waals surface area (Å²) in [5, 5.41) is 16.5. The lowest BCUT2D eigenvalue weighted by Crippen LogP contribution is -2.42. The lowest BCUT2D eigenvalue weighted by Gasteiger charge is -2.18. The van der Waals surface area contributed by atoms with Crippen molar-refractivity contribution in [1.82, 2.24) is 20.4 Å². The molecule has 1 aromatic carbocycles. The molecule has 1 atom stereocenters. The van der Waals surface area contributed by atoms with Gasteiger partial charge in [-0.3, -0.25) is 14.6 Å². The van der Waals surface area contributed by atoms with E-state index in [1.165, 1.54) is 16.7 Å². The zero-order chi connectivity index (χ0) is 21.3. The second-order valence-corrected chi connectivity index (χ2v) is 7.98. The molecule has 0 saturated carbocycles. The van der Waals surface area contributed by atoms with Crippen LogP contribution >= 0.6 is 11.8 Å². The van der Waals surface area contributed by atoms with Crippen LogP contribution in [0.4, 0.5) is 0 Å². The first-order valence-corrected chi connectivity index (χ1v) is 10.5. The summed E-state index contributed by atoms with van der Waals surface area (Å²) in [6.45, 7) is 3.54. The normalized spacial score (nSPS) is 15.9. The van der Waals surface area contributed by atoms with Gasteiger partial charge in [0.2, 0.25) is 5.91 Å². The molecular weight excluding hydrogens is 402 g/mol. The Balaban J connectivity index is 1.59. The van der Waals surface area contributed by atoms with Crippen LogP contribution in [0.15, 0.2) is 35.0 Å². The lowest BCUT2D eigenvalue weighted by molar-refractivity contribution is -0.129. The van der Waals surface area contributed by atoms with Crippen molar-refractivity contribution < 1.29 is 14.1 Å². The fourth-order valence-electron chi connectivity index (χ4n) is 3.54. The van der Waals surface area contributed by atoms with Crippen LogP contribution in [0.3, 0.4) is 0 Å². The highest BCUT2D eigenvalue weighted by molar-refractivity contribution is 7.99. The van der Waals surface area contributed by atoms with Gasteiger partial charge in [0.15, 0.2) is 0 Å². The van der Waals surface area contributed by atoms with Crippen molar-refractivity contribution in [3.8, 4) is 17.2 Å². The second kappa shape index (κ2) is 8.16. The van der Waals surface area contributed by atoms with Crippen molar-refractivity contribution in [2.75, 3.05) is 18.2 Å². The number of carbonyl (C=O) groups is 2. The molecule has 1 N–H and O–H groups in total. The maximum atomic E-state index is 12.9. The minimum Gasteiger partial charge on any atom is -0.361 e. The van der Waals surface area contributed by atoms with Crippen LogP contribution in [-0.4, -0.2) is 51.1 Å². The molecule has 2 amide bonds. The molecule has 2 aromatic heterocycles. The maximum Gasteiger partial charge on any atom is 0.252 e. The Morgan fingerprint density at radius 2 is 2.20 bits per heavy atom. The Kier molecular flexibility index (Phi) is 5.42. The van der Waals surface area contributed by atoms with Gasteiger partial charge in [0.25, 0.3) is 5.91 Å². The van der Waals surface area contributed by atoms with Crippen LogP contribution < -0.4 is 5.32 Å². The Bertz CT molecular complexity index is 1160. The van der Waals surface area contributed by atoms with Gasteiger partial charge < -0.3 is 14.7 Å². The van der Waals surface area contributed by atoms with Gasteiger partial charge in [-0.1, -0.05) is 11.2 Å². The molecule has 4 rings (SSSR count). The highest BCUT2D eigenvalue weighted by Crippen LogP contribution is 2.30. The number of nitrogens with one attached hydrogen (secondary N) is 1. The molecule has 0 bridgehead atoms. The standard InChI is InChI=1S/C21H19N5O3S/c1-12-20(13(2)29-25-12)14-3-4-18-17(7-14)16(5-6-23-18)21(28)24-9-19(27)26-11-30-10-15(26)8-22/h3-7,15H,9-11H2,1-2H3,(H,24,28). The van der Waals surface area contributed by atoms with Gasteiger partial charge in [0, 0.05) is 22.9 Å². The van der Waals surface area contributed by atoms with Crippen molar-refractivity contribution in [3.63, 3.8) is 0 Å². The Morgan fingerprint density at radius 3 is 2.93 bits per heavy atom. The molecule has 1 aliphatic rings. The number of carbonyl (C=O) groups excluding carboxylic acids is 2. The number of aromatic nitrogens is 2. The van der Waals surface area contributed by atoms with E-state index in [2.05, 4.69) is 21.5 Å². The number of rotatable bonds is 4. The fraction of sp³-hybridized carbons (Fsp3) is 0.286. The van der Waals surface area contributed by atoms with Crippen LogP contribution in [0, 0.1) is 25.2 Å². The Labute approximate surface area is 177 Å². The number of thioether (sulfide) groups is 1. The van der Waals surface area contributed by atoms with E-state index < -0.39 is 6.04 Å². The van der Waals surface area contributed by atoms with Gasteiger partial charge in [-0.15, -0.1) is 11.8 Å². The predicted molar refractivity (Wildman–Crippen MR) is 113 cm³/mol. The summed E-state index contributed by atoms with van der Waals surface area (Å²) in [6, 6.07) is 8.94. The summed E-state index contributed by atoms with van der Waals surface area (Å²) in [6.07, 6.45) is 1.57. The number of aryl methyl sites for hydroxylation is 2. The smallest absolute Gasteiger partial charge is 0.252 e. The molecule has 0 aliphatic carbocycles. The third kappa shape index (κ3) is 3.62. The molecule has 8 nitrogen and oxygen atoms in total. The quantitative estimate of drug-likeness (QED) is 0.689. The van der Waals surface area contributed by atoms with E-state index in [1.54, 1.807) is 12.3 Å². The molecule has 9 heteroatoms. The molecule has 1 saturated heterocycles. The third-order valence-corrected chi connectivity index (χ3v) is 6.07. The van der Waals surface area contributed by atoms with E-state index in [4.69, 9.17) is 9.78 Å². The van der Waals surface area contributed by atoms with Crippen LogP contribution in [0.25, 0.3) is 22.0 Å². The average Bonchev–Trinajstić information content (AvgIpc) is 3.37. The van der Waals surface area contributed by atoms with Crippen LogP contribution in [-0.2, 0) is 4.79 Å². The molecular formula is C21H19N5O3S. The summed E-state index contributed by atoms with van der Waals surface area (Å²) in [4.78, 5) is 31.1. The monoisotopic (exact) mass is 421 g/mol. The van der Waals surface area contributed by atoms with Crippen molar-refractivity contribution in [2.24, 2.45) is 0 Å². The van der Waals surface area contributed by atoms with Crippen LogP contribution in [0.2, 0.25) is 0 Å².